The number of nitrogens with zero attached hydrogens (tertiary/aromatic N) is 2. The Hall–Kier alpha value is -0.610. The van der Waals surface area contributed by atoms with Crippen LogP contribution in [-0.2, 0) is 12.3 Å². The lowest BCUT2D eigenvalue weighted by atomic mass is 10.2. The SMILES string of the molecule is CCC(C)SCc1nc(C)c(CN)c(C)n1. The molecular formula is C12H21N3S. The van der Waals surface area contributed by atoms with Gasteiger partial charge in [-0.15, -0.1) is 0 Å². The van der Waals surface area contributed by atoms with Gasteiger partial charge < -0.3 is 5.73 Å². The topological polar surface area (TPSA) is 51.8 Å². The van der Waals surface area contributed by atoms with E-state index in [0.717, 1.165) is 28.5 Å². The molecule has 0 bridgehead atoms. The minimum atomic E-state index is 0.524. The summed E-state index contributed by atoms with van der Waals surface area (Å²) in [5, 5.41) is 0.665. The van der Waals surface area contributed by atoms with Gasteiger partial charge in [0.15, 0.2) is 0 Å². The molecule has 0 aliphatic heterocycles. The molecule has 1 heterocycles. The first-order valence-corrected chi connectivity index (χ1v) is 6.78. The van der Waals surface area contributed by atoms with Crippen LogP contribution in [0, 0.1) is 13.8 Å². The maximum atomic E-state index is 5.66. The molecule has 3 nitrogen and oxygen atoms in total. The summed E-state index contributed by atoms with van der Waals surface area (Å²) in [4.78, 5) is 9.00. The van der Waals surface area contributed by atoms with Crippen LogP contribution in [0.3, 0.4) is 0 Å². The zero-order valence-electron chi connectivity index (χ0n) is 10.6. The van der Waals surface area contributed by atoms with Crippen LogP contribution < -0.4 is 5.73 Å². The van der Waals surface area contributed by atoms with Crippen LogP contribution in [0.15, 0.2) is 0 Å². The highest BCUT2D eigenvalue weighted by atomic mass is 32.2. The van der Waals surface area contributed by atoms with E-state index in [1.165, 1.54) is 6.42 Å². The molecule has 0 aliphatic carbocycles. The van der Waals surface area contributed by atoms with Crippen molar-refractivity contribution in [3.05, 3.63) is 22.8 Å². The molecule has 0 amide bonds. The van der Waals surface area contributed by atoms with Crippen LogP contribution in [-0.4, -0.2) is 15.2 Å². The Morgan fingerprint density at radius 1 is 1.25 bits per heavy atom. The van der Waals surface area contributed by atoms with Gasteiger partial charge in [0.05, 0.1) is 5.75 Å². The lowest BCUT2D eigenvalue weighted by Crippen LogP contribution is -2.09. The van der Waals surface area contributed by atoms with Gasteiger partial charge >= 0.3 is 0 Å². The average Bonchev–Trinajstić information content (AvgIpc) is 2.25. The summed E-state index contributed by atoms with van der Waals surface area (Å²) in [5.41, 5.74) is 8.79. The Bertz CT molecular complexity index is 329. The second kappa shape index (κ2) is 6.21. The molecule has 2 N–H and O–H groups in total. The molecular weight excluding hydrogens is 218 g/mol. The summed E-state index contributed by atoms with van der Waals surface area (Å²) in [6.45, 7) is 8.98. The van der Waals surface area contributed by atoms with Crippen LogP contribution in [0.4, 0.5) is 0 Å². The average molecular weight is 239 g/mol. The largest absolute Gasteiger partial charge is 0.326 e. The lowest BCUT2D eigenvalue weighted by Gasteiger charge is -2.10. The van der Waals surface area contributed by atoms with Crippen LogP contribution in [0.1, 0.15) is 43.0 Å². The first-order valence-electron chi connectivity index (χ1n) is 5.73. The summed E-state index contributed by atoms with van der Waals surface area (Å²) in [6.07, 6.45) is 1.18. The molecule has 4 heteroatoms. The van der Waals surface area contributed by atoms with E-state index < -0.39 is 0 Å². The Labute approximate surface area is 102 Å². The smallest absolute Gasteiger partial charge is 0.138 e. The normalized spacial score (nSPS) is 12.8. The van der Waals surface area contributed by atoms with Gasteiger partial charge in [0.2, 0.25) is 0 Å². The van der Waals surface area contributed by atoms with Crippen molar-refractivity contribution in [2.45, 2.75) is 51.7 Å². The Morgan fingerprint density at radius 3 is 2.25 bits per heavy atom. The number of aryl methyl sites for hydroxylation is 2. The van der Waals surface area contributed by atoms with Crippen molar-refractivity contribution in [1.29, 1.82) is 0 Å². The molecule has 0 fully saturated rings. The molecule has 0 saturated carbocycles. The molecule has 1 atom stereocenters. The highest BCUT2D eigenvalue weighted by Gasteiger charge is 2.08. The van der Waals surface area contributed by atoms with Gasteiger partial charge in [-0.3, -0.25) is 0 Å². The van der Waals surface area contributed by atoms with E-state index in [9.17, 15) is 0 Å². The second-order valence-electron chi connectivity index (χ2n) is 4.02. The van der Waals surface area contributed by atoms with E-state index in [1.54, 1.807) is 0 Å². The first-order chi connectivity index (χ1) is 7.58. The van der Waals surface area contributed by atoms with Gasteiger partial charge in [0.1, 0.15) is 5.82 Å². The lowest BCUT2D eigenvalue weighted by molar-refractivity contribution is 0.878. The highest BCUT2D eigenvalue weighted by Crippen LogP contribution is 2.19. The zero-order chi connectivity index (χ0) is 12.1. The van der Waals surface area contributed by atoms with Crippen molar-refractivity contribution in [1.82, 2.24) is 9.97 Å². The van der Waals surface area contributed by atoms with Crippen molar-refractivity contribution in [2.75, 3.05) is 0 Å². The molecule has 1 unspecified atom stereocenters. The fourth-order valence-corrected chi connectivity index (χ4v) is 2.30. The monoisotopic (exact) mass is 239 g/mol. The number of hydrogen-bond acceptors (Lipinski definition) is 4. The number of rotatable bonds is 5. The molecule has 0 aromatic carbocycles. The molecule has 1 aromatic heterocycles. The summed E-state index contributed by atoms with van der Waals surface area (Å²) in [7, 11) is 0. The molecule has 1 rings (SSSR count). The van der Waals surface area contributed by atoms with Gasteiger partial charge in [-0.1, -0.05) is 13.8 Å². The highest BCUT2D eigenvalue weighted by molar-refractivity contribution is 7.99. The quantitative estimate of drug-likeness (QED) is 0.858. The van der Waals surface area contributed by atoms with E-state index in [1.807, 2.05) is 25.6 Å². The Balaban J connectivity index is 2.76. The second-order valence-corrected chi connectivity index (χ2v) is 5.45. The summed E-state index contributed by atoms with van der Waals surface area (Å²) in [6, 6.07) is 0. The standard InChI is InChI=1S/C12H21N3S/c1-5-8(2)16-7-12-14-9(3)11(6-13)10(4)15-12/h8H,5-7,13H2,1-4H3. The van der Waals surface area contributed by atoms with Crippen LogP contribution in [0.2, 0.25) is 0 Å². The fourth-order valence-electron chi connectivity index (χ4n) is 1.50. The molecule has 1 aromatic rings. The van der Waals surface area contributed by atoms with Gasteiger partial charge in [-0.2, -0.15) is 11.8 Å². The van der Waals surface area contributed by atoms with Crippen LogP contribution >= 0.6 is 11.8 Å². The molecule has 0 aliphatic rings. The Morgan fingerprint density at radius 2 is 1.81 bits per heavy atom. The fraction of sp³-hybridized carbons (Fsp3) is 0.667. The third kappa shape index (κ3) is 3.46. The third-order valence-electron chi connectivity index (χ3n) is 2.74. The van der Waals surface area contributed by atoms with Crippen LogP contribution in [0.5, 0.6) is 0 Å². The third-order valence-corrected chi connectivity index (χ3v) is 4.07. The van der Waals surface area contributed by atoms with Gasteiger partial charge in [-0.05, 0) is 20.3 Å². The van der Waals surface area contributed by atoms with E-state index >= 15 is 0 Å². The predicted octanol–water partition coefficient (Wildman–Crippen LogP) is 2.58. The predicted molar refractivity (Wildman–Crippen MR) is 70.4 cm³/mol. The first kappa shape index (κ1) is 13.5. The van der Waals surface area contributed by atoms with Crippen molar-refractivity contribution in [3.63, 3.8) is 0 Å². The minimum absolute atomic E-state index is 0.524. The molecule has 0 radical (unpaired) electrons. The minimum Gasteiger partial charge on any atom is -0.326 e. The van der Waals surface area contributed by atoms with Gasteiger partial charge in [-0.25, -0.2) is 9.97 Å². The molecule has 16 heavy (non-hydrogen) atoms. The summed E-state index contributed by atoms with van der Waals surface area (Å²) < 4.78 is 0. The van der Waals surface area contributed by atoms with Crippen molar-refractivity contribution < 1.29 is 0 Å². The maximum absolute atomic E-state index is 5.66. The number of aromatic nitrogens is 2. The Kier molecular flexibility index (Phi) is 5.22. The summed E-state index contributed by atoms with van der Waals surface area (Å²) >= 11 is 1.90. The van der Waals surface area contributed by atoms with E-state index in [2.05, 4.69) is 23.8 Å². The molecule has 0 saturated heterocycles. The van der Waals surface area contributed by atoms with Crippen molar-refractivity contribution in [2.24, 2.45) is 5.73 Å². The van der Waals surface area contributed by atoms with E-state index in [4.69, 9.17) is 5.73 Å². The number of thioether (sulfide) groups is 1. The van der Waals surface area contributed by atoms with E-state index in [0.29, 0.717) is 11.8 Å². The van der Waals surface area contributed by atoms with Gasteiger partial charge in [0, 0.05) is 28.7 Å². The number of hydrogen-bond donors (Lipinski definition) is 1. The van der Waals surface area contributed by atoms with Crippen LogP contribution in [0.25, 0.3) is 0 Å². The zero-order valence-corrected chi connectivity index (χ0v) is 11.4. The maximum Gasteiger partial charge on any atom is 0.138 e. The summed E-state index contributed by atoms with van der Waals surface area (Å²) in [5.74, 6) is 1.82. The molecule has 90 valence electrons. The molecule has 0 spiro atoms. The van der Waals surface area contributed by atoms with E-state index in [-0.39, 0.29) is 0 Å². The number of nitrogens with two attached hydrogens (primary N) is 1. The van der Waals surface area contributed by atoms with Gasteiger partial charge in [0.25, 0.3) is 0 Å². The van der Waals surface area contributed by atoms with Crippen molar-refractivity contribution >= 4 is 11.8 Å². The van der Waals surface area contributed by atoms with Crippen molar-refractivity contribution in [3.8, 4) is 0 Å².